The number of H-pyrrole nitrogens is 1. The van der Waals surface area contributed by atoms with Crippen molar-refractivity contribution in [2.24, 2.45) is 11.5 Å². The fourth-order valence-electron chi connectivity index (χ4n) is 7.73. The minimum absolute atomic E-state index is 0.109. The van der Waals surface area contributed by atoms with Crippen molar-refractivity contribution in [1.29, 1.82) is 0 Å². The zero-order valence-corrected chi connectivity index (χ0v) is 35.5. The number of alkyl carbamates (subject to hydrolysis) is 1. The number of carbonyl (C=O) groups excluding carboxylic acids is 5. The van der Waals surface area contributed by atoms with E-state index >= 15 is 0 Å². The van der Waals surface area contributed by atoms with Gasteiger partial charge >= 0.3 is 12.1 Å². The Bertz CT molecular complexity index is 2560. The molecule has 1 aromatic heterocycles. The van der Waals surface area contributed by atoms with Crippen molar-refractivity contribution in [3.63, 3.8) is 0 Å². The van der Waals surface area contributed by atoms with Gasteiger partial charge in [0.25, 0.3) is 5.91 Å². The largest absolute Gasteiger partial charge is 0.461 e. The number of fused-ring (bicyclic) bond motifs is 4. The fraction of sp³-hybridized carbons (Fsp3) is 0.341. The average molecular weight is 917 g/mol. The van der Waals surface area contributed by atoms with Crippen LogP contribution in [0.1, 0.15) is 40.4 Å². The second-order valence-corrected chi connectivity index (χ2v) is 15.9. The number of aromatic amines is 1. The number of benzene rings is 4. The third-order valence-electron chi connectivity index (χ3n) is 11.1. The Morgan fingerprint density at radius 1 is 0.908 bits per heavy atom. The van der Waals surface area contributed by atoms with Crippen LogP contribution in [0.25, 0.3) is 21.7 Å². The number of halogens is 1. The van der Waals surface area contributed by atoms with Gasteiger partial charge in [0.15, 0.2) is 0 Å². The van der Waals surface area contributed by atoms with Gasteiger partial charge in [0.05, 0.1) is 18.3 Å². The van der Waals surface area contributed by atoms with Gasteiger partial charge in [-0.2, -0.15) is 0 Å². The summed E-state index contributed by atoms with van der Waals surface area (Å²) in [7, 11) is 0. The van der Waals surface area contributed by atoms with Crippen molar-refractivity contribution < 1.29 is 58.6 Å². The van der Waals surface area contributed by atoms with E-state index in [9.17, 15) is 44.4 Å². The van der Waals surface area contributed by atoms with Crippen molar-refractivity contribution in [3.8, 4) is 5.75 Å². The number of rotatable bonds is 16. The Morgan fingerprint density at radius 2 is 1.65 bits per heavy atom. The maximum atomic E-state index is 14.3. The zero-order valence-electron chi connectivity index (χ0n) is 34.7. The second kappa shape index (κ2) is 20.5. The monoisotopic (exact) mass is 916 g/mol. The van der Waals surface area contributed by atoms with Crippen LogP contribution in [0.4, 0.5) is 26.7 Å². The normalized spacial score (nSPS) is 20.7. The van der Waals surface area contributed by atoms with Crippen molar-refractivity contribution in [1.82, 2.24) is 15.6 Å². The SMILES string of the molecule is NC(=O)NCCCC(N)C(=O)Nc1ccc(COC(=O)NCC(=O)Nc2ccc3[nH]c(C(=O)N4CC(CCl)c5c4cc(OC4OC(CO)C(O)C(O)C4O)c4ccccc54)cc3c2)cc1. The van der Waals surface area contributed by atoms with Gasteiger partial charge in [-0.25, -0.2) is 9.59 Å². The van der Waals surface area contributed by atoms with Crippen LogP contribution in [-0.2, 0) is 25.7 Å². The number of hydrogen-bond acceptors (Lipinski definition) is 13. The third kappa shape index (κ3) is 10.7. The Morgan fingerprint density at radius 3 is 2.37 bits per heavy atom. The van der Waals surface area contributed by atoms with Gasteiger partial charge in [0.2, 0.25) is 18.1 Å². The van der Waals surface area contributed by atoms with E-state index in [4.69, 9.17) is 37.3 Å². The highest BCUT2D eigenvalue weighted by atomic mass is 35.5. The number of alkyl halides is 1. The van der Waals surface area contributed by atoms with E-state index in [1.54, 1.807) is 71.6 Å². The van der Waals surface area contributed by atoms with Gasteiger partial charge < -0.3 is 77.3 Å². The molecule has 65 heavy (non-hydrogen) atoms. The minimum Gasteiger partial charge on any atom is -0.461 e. The van der Waals surface area contributed by atoms with Crippen LogP contribution in [0.3, 0.4) is 0 Å². The molecule has 2 aliphatic rings. The topological polar surface area (TPSA) is 313 Å². The predicted octanol–water partition coefficient (Wildman–Crippen LogP) is 2.06. The quantitative estimate of drug-likeness (QED) is 0.0500. The maximum Gasteiger partial charge on any atom is 0.407 e. The number of hydrogen-bond donors (Lipinski definition) is 11. The molecular formula is C44H49ClN8O12. The molecule has 0 bridgehead atoms. The summed E-state index contributed by atoms with van der Waals surface area (Å²) < 4.78 is 17.0. The van der Waals surface area contributed by atoms with Crippen LogP contribution in [0.2, 0.25) is 0 Å². The summed E-state index contributed by atoms with van der Waals surface area (Å²) in [6, 6.07) is 20.7. The van der Waals surface area contributed by atoms with Gasteiger partial charge in [-0.3, -0.25) is 14.4 Å². The van der Waals surface area contributed by atoms with Gasteiger partial charge in [-0.1, -0.05) is 36.4 Å². The molecule has 5 aromatic rings. The van der Waals surface area contributed by atoms with Gasteiger partial charge in [0, 0.05) is 58.6 Å². The Labute approximate surface area is 376 Å². The molecule has 1 fully saturated rings. The number of nitrogens with zero attached hydrogens (tertiary/aromatic N) is 1. The summed E-state index contributed by atoms with van der Waals surface area (Å²) in [6.07, 6.45) is -7.55. The number of amides is 6. The number of ether oxygens (including phenoxy) is 3. The summed E-state index contributed by atoms with van der Waals surface area (Å²) >= 11 is 6.48. The van der Waals surface area contributed by atoms with Crippen LogP contribution in [-0.4, -0.2) is 124 Å². The van der Waals surface area contributed by atoms with Gasteiger partial charge in [-0.05, 0) is 65.8 Å². The molecule has 21 heteroatoms. The highest BCUT2D eigenvalue weighted by Gasteiger charge is 2.45. The van der Waals surface area contributed by atoms with E-state index in [-0.39, 0.29) is 42.3 Å². The van der Waals surface area contributed by atoms with Crippen LogP contribution < -0.4 is 42.4 Å². The lowest BCUT2D eigenvalue weighted by molar-refractivity contribution is -0.277. The number of nitrogens with two attached hydrogens (primary N) is 2. The van der Waals surface area contributed by atoms with E-state index in [0.29, 0.717) is 58.3 Å². The highest BCUT2D eigenvalue weighted by Crippen LogP contribution is 2.46. The lowest BCUT2D eigenvalue weighted by atomic mass is 9.95. The molecule has 7 atom stereocenters. The van der Waals surface area contributed by atoms with Gasteiger partial charge in [0.1, 0.15) is 49.0 Å². The molecule has 7 unspecified atom stereocenters. The molecule has 7 rings (SSSR count). The zero-order chi connectivity index (χ0) is 46.4. The van der Waals surface area contributed by atoms with E-state index in [1.807, 2.05) is 12.1 Å². The van der Waals surface area contributed by atoms with Crippen molar-refractivity contribution in [2.75, 3.05) is 47.7 Å². The van der Waals surface area contributed by atoms with Crippen LogP contribution in [0, 0.1) is 0 Å². The van der Waals surface area contributed by atoms with E-state index in [1.165, 1.54) is 0 Å². The summed E-state index contributed by atoms with van der Waals surface area (Å²) in [5.41, 5.74) is 14.6. The standard InChI is InChI=1S/C44H49ClN8O12/c45-17-24-19-53(32-16-33(27-4-1-2-5-28(27)36(24)32)64-42-39(58)38(57)37(56)34(20-54)65-42)41(60)31-15-23-14-26(11-12-30(23)52-31)50-35(55)18-49-44(62)63-21-22-7-9-25(10-8-22)51-40(59)29(46)6-3-13-48-43(47)61/h1-2,4-5,7-12,14-16,24,29,34,37-39,42,52,54,56-58H,3,6,13,17-21,46H2,(H,49,62)(H,50,55)(H,51,59)(H3,47,48,61). The summed E-state index contributed by atoms with van der Waals surface area (Å²) in [6.45, 7) is -0.600. The summed E-state index contributed by atoms with van der Waals surface area (Å²) in [5.74, 6) is -1.16. The first-order valence-electron chi connectivity index (χ1n) is 20.7. The van der Waals surface area contributed by atoms with E-state index < -0.39 is 73.8 Å². The van der Waals surface area contributed by atoms with E-state index in [0.717, 1.165) is 10.9 Å². The van der Waals surface area contributed by atoms with Crippen molar-refractivity contribution >= 4 is 80.2 Å². The number of aliphatic hydroxyl groups excluding tert-OH is 4. The number of anilines is 3. The molecule has 0 radical (unpaired) electrons. The van der Waals surface area contributed by atoms with E-state index in [2.05, 4.69) is 26.3 Å². The number of aromatic nitrogens is 1. The first kappa shape index (κ1) is 46.5. The molecule has 0 aliphatic carbocycles. The predicted molar refractivity (Wildman–Crippen MR) is 238 cm³/mol. The first-order valence-corrected chi connectivity index (χ1v) is 21.2. The molecule has 4 aromatic carbocycles. The molecule has 13 N–H and O–H groups in total. The van der Waals surface area contributed by atoms with Crippen LogP contribution in [0.5, 0.6) is 5.75 Å². The first-order chi connectivity index (χ1) is 31.2. The molecule has 2 aliphatic heterocycles. The van der Waals surface area contributed by atoms with Gasteiger partial charge in [-0.15, -0.1) is 11.6 Å². The molecule has 6 amide bonds. The Kier molecular flexibility index (Phi) is 14.7. The molecule has 344 valence electrons. The molecule has 0 saturated carbocycles. The number of nitrogens with one attached hydrogen (secondary N) is 5. The third-order valence-corrected chi connectivity index (χ3v) is 11.5. The minimum atomic E-state index is -1.66. The molecular weight excluding hydrogens is 868 g/mol. The fourth-order valence-corrected chi connectivity index (χ4v) is 7.98. The lowest BCUT2D eigenvalue weighted by Gasteiger charge is -2.39. The number of primary amides is 1. The summed E-state index contributed by atoms with van der Waals surface area (Å²) in [4.78, 5) is 67.3. The summed E-state index contributed by atoms with van der Waals surface area (Å²) in [5, 5.41) is 53.3. The Hall–Kier alpha value is -6.52. The van der Waals surface area contributed by atoms with Crippen molar-refractivity contribution in [2.45, 2.75) is 62.1 Å². The average Bonchev–Trinajstić information content (AvgIpc) is 3.91. The van der Waals surface area contributed by atoms with Crippen molar-refractivity contribution in [3.05, 3.63) is 95.7 Å². The highest BCUT2D eigenvalue weighted by molar-refractivity contribution is 6.19. The smallest absolute Gasteiger partial charge is 0.407 e. The number of carbonyl (C=O) groups is 5. The molecule has 0 spiro atoms. The van der Waals surface area contributed by atoms with Crippen LogP contribution in [0.15, 0.2) is 78.9 Å². The Balaban J connectivity index is 0.945. The number of urea groups is 1. The molecule has 20 nitrogen and oxygen atoms in total. The molecule has 3 heterocycles. The maximum absolute atomic E-state index is 14.3. The lowest BCUT2D eigenvalue weighted by Crippen LogP contribution is -2.60. The van der Waals surface area contributed by atoms with Crippen LogP contribution >= 0.6 is 11.6 Å². The second-order valence-electron chi connectivity index (χ2n) is 15.6. The molecule has 1 saturated heterocycles. The number of aliphatic hydroxyl groups is 4.